The Morgan fingerprint density at radius 3 is 2.33 bits per heavy atom. The molecule has 1 aromatic rings. The molecule has 0 aromatic carbocycles. The first-order chi connectivity index (χ1) is 10.1. The van der Waals surface area contributed by atoms with Gasteiger partial charge in [0.15, 0.2) is 0 Å². The van der Waals surface area contributed by atoms with Crippen molar-refractivity contribution in [3.8, 4) is 11.1 Å². The fourth-order valence-corrected chi connectivity index (χ4v) is 1.88. The van der Waals surface area contributed by atoms with Crippen LogP contribution in [0.4, 0.5) is 0 Å². The van der Waals surface area contributed by atoms with E-state index in [2.05, 4.69) is 34.6 Å². The number of aromatic nitrogens is 1. The summed E-state index contributed by atoms with van der Waals surface area (Å²) in [4.78, 5) is 25.4. The summed E-state index contributed by atoms with van der Waals surface area (Å²) in [5.74, 6) is -1.40. The Labute approximate surface area is 122 Å². The molecule has 5 nitrogen and oxygen atoms in total. The van der Waals surface area contributed by atoms with E-state index in [9.17, 15) is 9.59 Å². The number of benzene rings is 1. The number of carboxylic acids is 1. The summed E-state index contributed by atoms with van der Waals surface area (Å²) < 4.78 is 0. The zero-order valence-corrected chi connectivity index (χ0v) is 11.6. The number of pyridine rings is 1. The summed E-state index contributed by atoms with van der Waals surface area (Å²) in [7, 11) is 0. The van der Waals surface area contributed by atoms with Crippen molar-refractivity contribution in [3.05, 3.63) is 54.4 Å². The van der Waals surface area contributed by atoms with E-state index in [0.717, 1.165) is 5.56 Å². The zero-order valence-electron chi connectivity index (χ0n) is 11.6. The summed E-state index contributed by atoms with van der Waals surface area (Å²) in [6.07, 6.45) is 3.43. The number of amides is 1. The van der Waals surface area contributed by atoms with Gasteiger partial charge >= 0.3 is 5.97 Å². The normalized spacial score (nSPS) is 11.7. The smallest absolute Gasteiger partial charge is 0.326 e. The fourth-order valence-electron chi connectivity index (χ4n) is 1.88. The topological polar surface area (TPSA) is 79.3 Å². The average Bonchev–Trinajstić information content (AvgIpc) is 3.05. The molecule has 108 valence electrons. The maximum atomic E-state index is 10.8. The maximum Gasteiger partial charge on any atom is 0.326 e. The number of aliphatic carboxylic acids is 1. The number of rotatable bonds is 4. The SMILES string of the molecule is CC(=O)NC(Cc1cccnc1)C(=O)O.c1cc2cc-2c1. The predicted octanol–water partition coefficient (Wildman–Crippen LogP) is 1.88. The van der Waals surface area contributed by atoms with Gasteiger partial charge in [-0.2, -0.15) is 0 Å². The molecule has 0 saturated heterocycles. The second-order valence-electron chi connectivity index (χ2n) is 4.74. The summed E-state index contributed by atoms with van der Waals surface area (Å²) >= 11 is 0. The van der Waals surface area contributed by atoms with Crippen LogP contribution in [0.5, 0.6) is 0 Å². The number of nitrogens with one attached hydrogen (secondary N) is 1. The summed E-state index contributed by atoms with van der Waals surface area (Å²) in [6.45, 7) is 1.29. The Hall–Kier alpha value is -2.69. The molecule has 2 aliphatic rings. The minimum absolute atomic E-state index is 0.239. The Morgan fingerprint density at radius 2 is 1.95 bits per heavy atom. The highest BCUT2D eigenvalue weighted by atomic mass is 16.4. The van der Waals surface area contributed by atoms with Gasteiger partial charge in [0, 0.05) is 25.7 Å². The molecule has 1 atom stereocenters. The minimum Gasteiger partial charge on any atom is -0.480 e. The molecular weight excluding hydrogens is 268 g/mol. The van der Waals surface area contributed by atoms with Gasteiger partial charge < -0.3 is 10.4 Å². The van der Waals surface area contributed by atoms with Crippen LogP contribution in [0.1, 0.15) is 12.5 Å². The molecule has 1 heterocycles. The third-order valence-corrected chi connectivity index (χ3v) is 2.95. The molecule has 0 saturated carbocycles. The van der Waals surface area contributed by atoms with Gasteiger partial charge in [0.1, 0.15) is 6.04 Å². The van der Waals surface area contributed by atoms with Crippen molar-refractivity contribution < 1.29 is 14.7 Å². The van der Waals surface area contributed by atoms with Gasteiger partial charge in [0.2, 0.25) is 5.91 Å². The van der Waals surface area contributed by atoms with E-state index >= 15 is 0 Å². The van der Waals surface area contributed by atoms with E-state index in [-0.39, 0.29) is 12.3 Å². The summed E-state index contributed by atoms with van der Waals surface area (Å²) in [5.41, 5.74) is 3.63. The zero-order chi connectivity index (χ0) is 15.2. The van der Waals surface area contributed by atoms with Crippen LogP contribution in [0.25, 0.3) is 11.1 Å². The van der Waals surface area contributed by atoms with Gasteiger partial charge in [-0.25, -0.2) is 4.79 Å². The Balaban J connectivity index is 0.000000218. The first-order valence-corrected chi connectivity index (χ1v) is 6.55. The molecule has 0 bridgehead atoms. The van der Waals surface area contributed by atoms with Crippen molar-refractivity contribution in [1.29, 1.82) is 0 Å². The fraction of sp³-hybridized carbons (Fsp3) is 0.188. The van der Waals surface area contributed by atoms with Crippen molar-refractivity contribution in [3.63, 3.8) is 0 Å². The average molecular weight is 284 g/mol. The van der Waals surface area contributed by atoms with E-state index in [1.165, 1.54) is 18.1 Å². The number of carboxylic acid groups (broad SMARTS) is 1. The van der Waals surface area contributed by atoms with Crippen LogP contribution in [0.15, 0.2) is 48.8 Å². The van der Waals surface area contributed by atoms with Crippen LogP contribution < -0.4 is 5.32 Å². The molecule has 21 heavy (non-hydrogen) atoms. The molecule has 0 fully saturated rings. The van der Waals surface area contributed by atoms with Crippen LogP contribution in [-0.2, 0) is 16.0 Å². The maximum absolute atomic E-state index is 10.8. The van der Waals surface area contributed by atoms with Crippen LogP contribution in [0, 0.1) is 0 Å². The van der Waals surface area contributed by atoms with E-state index < -0.39 is 12.0 Å². The molecule has 0 radical (unpaired) electrons. The van der Waals surface area contributed by atoms with Crippen molar-refractivity contribution in [2.45, 2.75) is 19.4 Å². The van der Waals surface area contributed by atoms with Crippen LogP contribution in [0.3, 0.4) is 0 Å². The van der Waals surface area contributed by atoms with Gasteiger partial charge in [-0.1, -0.05) is 24.3 Å². The van der Waals surface area contributed by atoms with E-state index in [1.807, 2.05) is 0 Å². The lowest BCUT2D eigenvalue weighted by Gasteiger charge is -2.12. The highest BCUT2D eigenvalue weighted by Crippen LogP contribution is 2.32. The number of fused-ring (bicyclic) bond motifs is 1. The van der Waals surface area contributed by atoms with Gasteiger partial charge in [-0.3, -0.25) is 9.78 Å². The quantitative estimate of drug-likeness (QED) is 0.766. The lowest BCUT2D eigenvalue weighted by molar-refractivity contribution is -0.141. The third-order valence-electron chi connectivity index (χ3n) is 2.95. The molecule has 2 aliphatic carbocycles. The molecule has 0 aliphatic heterocycles. The monoisotopic (exact) mass is 284 g/mol. The summed E-state index contributed by atoms with van der Waals surface area (Å²) in [6, 6.07) is 11.1. The van der Waals surface area contributed by atoms with E-state index in [0.29, 0.717) is 0 Å². The van der Waals surface area contributed by atoms with Crippen LogP contribution in [-0.4, -0.2) is 28.0 Å². The molecule has 1 unspecified atom stereocenters. The predicted molar refractivity (Wildman–Crippen MR) is 78.6 cm³/mol. The summed E-state index contributed by atoms with van der Waals surface area (Å²) in [5, 5.41) is 11.2. The highest BCUT2D eigenvalue weighted by Gasteiger charge is 2.18. The van der Waals surface area contributed by atoms with Crippen molar-refractivity contribution in [2.75, 3.05) is 0 Å². The van der Waals surface area contributed by atoms with E-state index in [1.54, 1.807) is 24.5 Å². The van der Waals surface area contributed by atoms with Crippen LogP contribution >= 0.6 is 0 Å². The van der Waals surface area contributed by atoms with E-state index in [4.69, 9.17) is 5.11 Å². The molecule has 2 N–H and O–H groups in total. The Kier molecular flexibility index (Phi) is 4.66. The van der Waals surface area contributed by atoms with Crippen LogP contribution in [0.2, 0.25) is 0 Å². The molecule has 1 amide bonds. The lowest BCUT2D eigenvalue weighted by atomic mass is 10.1. The number of carbonyl (C=O) groups excluding carboxylic acids is 1. The largest absolute Gasteiger partial charge is 0.480 e. The van der Waals surface area contributed by atoms with Gasteiger partial charge in [-0.05, 0) is 28.8 Å². The Bertz CT molecular complexity index is 624. The first kappa shape index (κ1) is 14.7. The number of carbonyl (C=O) groups is 2. The lowest BCUT2D eigenvalue weighted by Crippen LogP contribution is -2.41. The number of nitrogens with zero attached hydrogens (tertiary/aromatic N) is 1. The minimum atomic E-state index is -1.05. The first-order valence-electron chi connectivity index (χ1n) is 6.55. The third kappa shape index (κ3) is 4.72. The number of hydrogen-bond acceptors (Lipinski definition) is 3. The van der Waals surface area contributed by atoms with Gasteiger partial charge in [0.25, 0.3) is 0 Å². The number of hydrogen-bond donors (Lipinski definition) is 2. The van der Waals surface area contributed by atoms with Gasteiger partial charge in [-0.15, -0.1) is 0 Å². The standard InChI is InChI=1S/C10H12N2O3.C6H4/c1-7(13)12-9(10(14)15)5-8-3-2-4-11-6-8;1-2-5-4-6(5)3-1/h2-4,6,9H,5H2,1H3,(H,12,13)(H,14,15);1-4H. The molecule has 0 spiro atoms. The van der Waals surface area contributed by atoms with Crippen molar-refractivity contribution in [2.24, 2.45) is 0 Å². The molecule has 3 rings (SSSR count). The molecular formula is C16H16N2O3. The second-order valence-corrected chi connectivity index (χ2v) is 4.74. The second kappa shape index (κ2) is 6.65. The van der Waals surface area contributed by atoms with Gasteiger partial charge in [0.05, 0.1) is 0 Å². The Morgan fingerprint density at radius 1 is 1.24 bits per heavy atom. The molecule has 5 heteroatoms. The van der Waals surface area contributed by atoms with Crippen molar-refractivity contribution >= 4 is 11.9 Å². The molecule has 1 aromatic heterocycles. The van der Waals surface area contributed by atoms with Crippen molar-refractivity contribution in [1.82, 2.24) is 10.3 Å². The highest BCUT2D eigenvalue weighted by molar-refractivity contribution is 5.82.